The Hall–Kier alpha value is 0.0249. The Kier molecular flexibility index (Phi) is 3.99. The smallest absolute Gasteiger partial charge is 0.211 e. The van der Waals surface area contributed by atoms with Gasteiger partial charge in [0.15, 0.2) is 0 Å². The minimum Gasteiger partial charge on any atom is -0.346 e. The van der Waals surface area contributed by atoms with Gasteiger partial charge in [-0.3, -0.25) is 0 Å². The lowest BCUT2D eigenvalue weighted by atomic mass is 9.76. The molecule has 0 unspecified atom stereocenters. The van der Waals surface area contributed by atoms with Crippen LogP contribution < -0.4 is 0 Å². The van der Waals surface area contributed by atoms with Gasteiger partial charge in [-0.05, 0) is 25.9 Å². The molecule has 1 nitrogen and oxygen atoms in total. The Labute approximate surface area is 71.4 Å². The lowest BCUT2D eigenvalue weighted by molar-refractivity contribution is 0.454. The van der Waals surface area contributed by atoms with E-state index in [1.54, 1.807) is 0 Å². The molecule has 0 aromatic heterocycles. The molecule has 1 aliphatic heterocycles. The molecule has 63 valence electrons. The summed E-state index contributed by atoms with van der Waals surface area (Å²) in [4.78, 5) is 2.50. The SMILES string of the molecule is CC(C)[B]N1CCCCCC1. The Morgan fingerprint density at radius 2 is 1.55 bits per heavy atom. The summed E-state index contributed by atoms with van der Waals surface area (Å²) >= 11 is 0. The normalized spacial score (nSPS) is 21.7. The van der Waals surface area contributed by atoms with Crippen molar-refractivity contribution in [3.63, 3.8) is 0 Å². The highest BCUT2D eigenvalue weighted by Gasteiger charge is 2.10. The molecule has 1 heterocycles. The molecule has 0 aromatic rings. The van der Waals surface area contributed by atoms with E-state index in [-0.39, 0.29) is 0 Å². The second-order valence-electron chi connectivity index (χ2n) is 3.84. The lowest BCUT2D eigenvalue weighted by Gasteiger charge is -2.20. The molecule has 1 aliphatic rings. The van der Waals surface area contributed by atoms with Crippen LogP contribution in [0.2, 0.25) is 5.82 Å². The maximum Gasteiger partial charge on any atom is 0.211 e. The fraction of sp³-hybridized carbons (Fsp3) is 1.00. The molecule has 0 amide bonds. The van der Waals surface area contributed by atoms with E-state index in [0.717, 1.165) is 0 Å². The van der Waals surface area contributed by atoms with E-state index in [2.05, 4.69) is 26.1 Å². The van der Waals surface area contributed by atoms with Crippen molar-refractivity contribution in [3.05, 3.63) is 0 Å². The summed E-state index contributed by atoms with van der Waals surface area (Å²) in [5.41, 5.74) is 0. The Balaban J connectivity index is 2.20. The molecule has 0 atom stereocenters. The van der Waals surface area contributed by atoms with Crippen LogP contribution in [0.25, 0.3) is 0 Å². The van der Waals surface area contributed by atoms with Crippen LogP contribution in [0.4, 0.5) is 0 Å². The molecule has 0 saturated carbocycles. The van der Waals surface area contributed by atoms with Gasteiger partial charge in [0.2, 0.25) is 7.41 Å². The largest absolute Gasteiger partial charge is 0.346 e. The summed E-state index contributed by atoms with van der Waals surface area (Å²) in [7, 11) is 2.38. The molecule has 0 aromatic carbocycles. The molecule has 0 N–H and O–H groups in total. The average Bonchev–Trinajstić information content (AvgIpc) is 2.14. The highest BCUT2D eigenvalue weighted by Crippen LogP contribution is 2.11. The van der Waals surface area contributed by atoms with Crippen LogP contribution in [0, 0.1) is 0 Å². The molecular formula is C9H19BN. The third-order valence-electron chi connectivity index (χ3n) is 2.15. The van der Waals surface area contributed by atoms with E-state index in [0.29, 0.717) is 5.82 Å². The topological polar surface area (TPSA) is 3.24 Å². The summed E-state index contributed by atoms with van der Waals surface area (Å²) in [6, 6.07) is 0. The van der Waals surface area contributed by atoms with Crippen molar-refractivity contribution in [2.24, 2.45) is 0 Å². The number of rotatable bonds is 2. The first-order valence-electron chi connectivity index (χ1n) is 4.88. The van der Waals surface area contributed by atoms with E-state index in [9.17, 15) is 0 Å². The van der Waals surface area contributed by atoms with Gasteiger partial charge in [0.1, 0.15) is 0 Å². The molecule has 1 saturated heterocycles. The maximum atomic E-state index is 2.50. The third kappa shape index (κ3) is 3.81. The fourth-order valence-corrected chi connectivity index (χ4v) is 1.67. The van der Waals surface area contributed by atoms with Crippen LogP contribution in [-0.4, -0.2) is 25.3 Å². The number of nitrogens with zero attached hydrogens (tertiary/aromatic N) is 1. The standard InChI is InChI=1S/C9H19BN/c1-9(2)10-11-7-5-3-4-6-8-11/h9H,3-8H2,1-2H3. The second kappa shape index (κ2) is 4.81. The predicted molar refractivity (Wildman–Crippen MR) is 50.9 cm³/mol. The van der Waals surface area contributed by atoms with Crippen molar-refractivity contribution in [1.82, 2.24) is 4.81 Å². The highest BCUT2D eigenvalue weighted by atomic mass is 15.0. The van der Waals surface area contributed by atoms with Gasteiger partial charge in [-0.25, -0.2) is 0 Å². The third-order valence-corrected chi connectivity index (χ3v) is 2.15. The summed E-state index contributed by atoms with van der Waals surface area (Å²) in [5, 5.41) is 0. The summed E-state index contributed by atoms with van der Waals surface area (Å²) < 4.78 is 0. The van der Waals surface area contributed by atoms with Gasteiger partial charge >= 0.3 is 0 Å². The zero-order chi connectivity index (χ0) is 8.10. The van der Waals surface area contributed by atoms with Gasteiger partial charge in [-0.2, -0.15) is 0 Å². The first-order valence-corrected chi connectivity index (χ1v) is 4.88. The van der Waals surface area contributed by atoms with Crippen molar-refractivity contribution in [2.45, 2.75) is 45.3 Å². The van der Waals surface area contributed by atoms with E-state index in [1.165, 1.54) is 38.8 Å². The molecule has 11 heavy (non-hydrogen) atoms. The fourth-order valence-electron chi connectivity index (χ4n) is 1.67. The van der Waals surface area contributed by atoms with Gasteiger partial charge in [0.25, 0.3) is 0 Å². The first-order chi connectivity index (χ1) is 5.29. The van der Waals surface area contributed by atoms with E-state index >= 15 is 0 Å². The van der Waals surface area contributed by atoms with Crippen molar-refractivity contribution in [3.8, 4) is 0 Å². The van der Waals surface area contributed by atoms with Gasteiger partial charge in [-0.15, -0.1) is 0 Å². The average molecular weight is 152 g/mol. The van der Waals surface area contributed by atoms with Crippen molar-refractivity contribution in [2.75, 3.05) is 13.1 Å². The molecule has 0 bridgehead atoms. The van der Waals surface area contributed by atoms with Crippen LogP contribution >= 0.6 is 0 Å². The molecule has 2 heteroatoms. The quantitative estimate of drug-likeness (QED) is 0.549. The summed E-state index contributed by atoms with van der Waals surface area (Å²) in [5.74, 6) is 0.716. The zero-order valence-corrected chi connectivity index (χ0v) is 7.84. The number of hydrogen-bond donors (Lipinski definition) is 0. The van der Waals surface area contributed by atoms with Crippen LogP contribution in [0.3, 0.4) is 0 Å². The van der Waals surface area contributed by atoms with Gasteiger partial charge in [0.05, 0.1) is 0 Å². The number of hydrogen-bond acceptors (Lipinski definition) is 1. The minimum atomic E-state index is 0.716. The van der Waals surface area contributed by atoms with E-state index in [1.807, 2.05) is 0 Å². The predicted octanol–water partition coefficient (Wildman–Crippen LogP) is 2.31. The van der Waals surface area contributed by atoms with Crippen molar-refractivity contribution >= 4 is 7.41 Å². The highest BCUT2D eigenvalue weighted by molar-refractivity contribution is 6.33. The van der Waals surface area contributed by atoms with Gasteiger partial charge in [0, 0.05) is 0 Å². The Bertz CT molecular complexity index is 95.7. The molecule has 1 fully saturated rings. The molecule has 0 spiro atoms. The summed E-state index contributed by atoms with van der Waals surface area (Å²) in [6.07, 6.45) is 5.65. The van der Waals surface area contributed by atoms with Gasteiger partial charge in [-0.1, -0.05) is 32.5 Å². The second-order valence-corrected chi connectivity index (χ2v) is 3.84. The maximum absolute atomic E-state index is 2.50. The monoisotopic (exact) mass is 152 g/mol. The first kappa shape index (κ1) is 9.12. The molecule has 1 radical (unpaired) electrons. The van der Waals surface area contributed by atoms with E-state index in [4.69, 9.17) is 0 Å². The van der Waals surface area contributed by atoms with Crippen LogP contribution in [-0.2, 0) is 0 Å². The van der Waals surface area contributed by atoms with Crippen LogP contribution in [0.5, 0.6) is 0 Å². The van der Waals surface area contributed by atoms with Crippen LogP contribution in [0.15, 0.2) is 0 Å². The molecule has 1 rings (SSSR count). The zero-order valence-electron chi connectivity index (χ0n) is 7.84. The molecular weight excluding hydrogens is 133 g/mol. The summed E-state index contributed by atoms with van der Waals surface area (Å²) in [6.45, 7) is 7.09. The van der Waals surface area contributed by atoms with Crippen LogP contribution in [0.1, 0.15) is 39.5 Å². The van der Waals surface area contributed by atoms with Crippen molar-refractivity contribution < 1.29 is 0 Å². The Morgan fingerprint density at radius 3 is 2.00 bits per heavy atom. The Morgan fingerprint density at radius 1 is 1.00 bits per heavy atom. The van der Waals surface area contributed by atoms with Gasteiger partial charge < -0.3 is 4.81 Å². The minimum absolute atomic E-state index is 0.716. The lowest BCUT2D eigenvalue weighted by Crippen LogP contribution is -2.30. The molecule has 0 aliphatic carbocycles. The van der Waals surface area contributed by atoms with E-state index < -0.39 is 0 Å². The van der Waals surface area contributed by atoms with Crippen molar-refractivity contribution in [1.29, 1.82) is 0 Å².